The molecule has 0 spiro atoms. The van der Waals surface area contributed by atoms with Crippen LogP contribution in [0.15, 0.2) is 4.99 Å². The first-order valence-electron chi connectivity index (χ1n) is 9.02. The average molecular weight is 379 g/mol. The molecular weight excluding hydrogens is 344 g/mol. The van der Waals surface area contributed by atoms with Gasteiger partial charge in [0, 0.05) is 53.0 Å². The van der Waals surface area contributed by atoms with E-state index in [0.717, 1.165) is 18.9 Å². The Bertz CT molecular complexity index is 488. The number of nitrogens with one attached hydrogen (secondary N) is 1. The lowest BCUT2D eigenvalue weighted by Crippen LogP contribution is -2.54. The van der Waals surface area contributed by atoms with Gasteiger partial charge in [0.25, 0.3) is 0 Å². The molecule has 1 aliphatic rings. The highest BCUT2D eigenvalue weighted by molar-refractivity contribution is 7.89. The van der Waals surface area contributed by atoms with Crippen molar-refractivity contribution in [2.45, 2.75) is 33.3 Å². The highest BCUT2D eigenvalue weighted by atomic mass is 32.2. The summed E-state index contributed by atoms with van der Waals surface area (Å²) in [5.41, 5.74) is 0. The second kappa shape index (κ2) is 11.7. The molecule has 1 fully saturated rings. The molecule has 0 aromatic heterocycles. The standard InChI is InChI=1S/C16H34N4O4S/c1-5-17-16(18-7-6-12-23-4)19-8-10-20(11-9-19)25(21,22)14-13-24-15(2)3/h15H,5-14H2,1-4H3,(H,17,18). The number of aliphatic imine (C=N–C) groups is 1. The summed E-state index contributed by atoms with van der Waals surface area (Å²) >= 11 is 0. The maximum absolute atomic E-state index is 12.4. The smallest absolute Gasteiger partial charge is 0.216 e. The van der Waals surface area contributed by atoms with Crippen LogP contribution in [0.4, 0.5) is 0 Å². The first kappa shape index (κ1) is 22.1. The topological polar surface area (TPSA) is 83.5 Å². The van der Waals surface area contributed by atoms with Crippen molar-refractivity contribution < 1.29 is 17.9 Å². The summed E-state index contributed by atoms with van der Waals surface area (Å²) in [6.07, 6.45) is 0.916. The highest BCUT2D eigenvalue weighted by Gasteiger charge is 2.27. The fourth-order valence-electron chi connectivity index (χ4n) is 2.52. The summed E-state index contributed by atoms with van der Waals surface area (Å²) in [6.45, 7) is 10.5. The fraction of sp³-hybridized carbons (Fsp3) is 0.938. The molecule has 0 unspecified atom stereocenters. The zero-order chi connectivity index (χ0) is 18.7. The Morgan fingerprint density at radius 1 is 1.20 bits per heavy atom. The van der Waals surface area contributed by atoms with Crippen molar-refractivity contribution in [3.63, 3.8) is 0 Å². The molecular formula is C16H34N4O4S. The minimum Gasteiger partial charge on any atom is -0.385 e. The van der Waals surface area contributed by atoms with E-state index in [1.54, 1.807) is 11.4 Å². The summed E-state index contributed by atoms with van der Waals surface area (Å²) in [6, 6.07) is 0. The molecule has 25 heavy (non-hydrogen) atoms. The SMILES string of the molecule is CCNC(=NCCCOC)N1CCN(S(=O)(=O)CCOC(C)C)CC1. The molecule has 0 saturated carbocycles. The van der Waals surface area contributed by atoms with Crippen molar-refractivity contribution in [3.8, 4) is 0 Å². The fourth-order valence-corrected chi connectivity index (χ4v) is 3.80. The number of nitrogens with zero attached hydrogens (tertiary/aromatic N) is 3. The van der Waals surface area contributed by atoms with E-state index < -0.39 is 10.0 Å². The largest absolute Gasteiger partial charge is 0.385 e. The lowest BCUT2D eigenvalue weighted by atomic mass is 10.4. The van der Waals surface area contributed by atoms with Crippen LogP contribution >= 0.6 is 0 Å². The molecule has 9 heteroatoms. The maximum atomic E-state index is 12.4. The van der Waals surface area contributed by atoms with E-state index in [2.05, 4.69) is 15.2 Å². The molecule has 8 nitrogen and oxygen atoms in total. The van der Waals surface area contributed by atoms with Crippen molar-refractivity contribution in [2.24, 2.45) is 4.99 Å². The summed E-state index contributed by atoms with van der Waals surface area (Å²) in [7, 11) is -1.58. The normalized spacial score (nSPS) is 17.3. The van der Waals surface area contributed by atoms with Crippen LogP contribution in [0.25, 0.3) is 0 Å². The van der Waals surface area contributed by atoms with Crippen LogP contribution in [-0.4, -0.2) is 95.0 Å². The maximum Gasteiger partial charge on any atom is 0.216 e. The third-order valence-corrected chi connectivity index (χ3v) is 5.66. The van der Waals surface area contributed by atoms with Crippen LogP contribution < -0.4 is 5.32 Å². The highest BCUT2D eigenvalue weighted by Crippen LogP contribution is 2.09. The molecule has 1 N–H and O–H groups in total. The number of methoxy groups -OCH3 is 1. The van der Waals surface area contributed by atoms with E-state index in [4.69, 9.17) is 9.47 Å². The van der Waals surface area contributed by atoms with Crippen LogP contribution in [0, 0.1) is 0 Å². The number of sulfonamides is 1. The first-order chi connectivity index (χ1) is 11.9. The lowest BCUT2D eigenvalue weighted by molar-refractivity contribution is 0.0904. The summed E-state index contributed by atoms with van der Waals surface area (Å²) in [5, 5.41) is 3.28. The van der Waals surface area contributed by atoms with E-state index >= 15 is 0 Å². The van der Waals surface area contributed by atoms with Crippen LogP contribution in [0.5, 0.6) is 0 Å². The molecule has 1 heterocycles. The van der Waals surface area contributed by atoms with E-state index in [0.29, 0.717) is 39.3 Å². The van der Waals surface area contributed by atoms with Crippen LogP contribution in [0.3, 0.4) is 0 Å². The van der Waals surface area contributed by atoms with Crippen molar-refractivity contribution in [1.82, 2.24) is 14.5 Å². The molecule has 0 radical (unpaired) electrons. The summed E-state index contributed by atoms with van der Waals surface area (Å²) in [4.78, 5) is 6.71. The number of rotatable bonds is 10. The van der Waals surface area contributed by atoms with Gasteiger partial charge < -0.3 is 19.7 Å². The summed E-state index contributed by atoms with van der Waals surface area (Å²) in [5.74, 6) is 0.884. The van der Waals surface area contributed by atoms with Crippen LogP contribution in [0.2, 0.25) is 0 Å². The number of hydrogen-bond donors (Lipinski definition) is 1. The van der Waals surface area contributed by atoms with Gasteiger partial charge in [-0.15, -0.1) is 0 Å². The van der Waals surface area contributed by atoms with Crippen molar-refractivity contribution in [1.29, 1.82) is 0 Å². The quantitative estimate of drug-likeness (QED) is 0.336. The zero-order valence-electron chi connectivity index (χ0n) is 16.0. The second-order valence-electron chi connectivity index (χ2n) is 6.20. The number of ether oxygens (including phenoxy) is 2. The molecule has 0 aliphatic carbocycles. The van der Waals surface area contributed by atoms with Gasteiger partial charge in [0.1, 0.15) is 0 Å². The minimum absolute atomic E-state index is 0.0380. The van der Waals surface area contributed by atoms with E-state index in [1.165, 1.54) is 0 Å². The van der Waals surface area contributed by atoms with Gasteiger partial charge in [-0.3, -0.25) is 4.99 Å². The van der Waals surface area contributed by atoms with Crippen molar-refractivity contribution >= 4 is 16.0 Å². The minimum atomic E-state index is -3.26. The Kier molecular flexibility index (Phi) is 10.3. The monoisotopic (exact) mass is 378 g/mol. The van der Waals surface area contributed by atoms with Gasteiger partial charge in [0.15, 0.2) is 5.96 Å². The Morgan fingerprint density at radius 3 is 2.44 bits per heavy atom. The molecule has 148 valence electrons. The van der Waals surface area contributed by atoms with Gasteiger partial charge >= 0.3 is 0 Å². The predicted octanol–water partition coefficient (Wildman–Crippen LogP) is 0.361. The van der Waals surface area contributed by atoms with Crippen LogP contribution in [-0.2, 0) is 19.5 Å². The zero-order valence-corrected chi connectivity index (χ0v) is 16.8. The van der Waals surface area contributed by atoms with Gasteiger partial charge in [-0.25, -0.2) is 8.42 Å². The number of piperazine rings is 1. The molecule has 0 bridgehead atoms. The van der Waals surface area contributed by atoms with Crippen molar-refractivity contribution in [3.05, 3.63) is 0 Å². The molecule has 1 rings (SSSR count). The summed E-state index contributed by atoms with van der Waals surface area (Å²) < 4.78 is 36.7. The second-order valence-corrected chi connectivity index (χ2v) is 8.29. The van der Waals surface area contributed by atoms with Gasteiger partial charge in [-0.05, 0) is 27.2 Å². The molecule has 0 aromatic carbocycles. The van der Waals surface area contributed by atoms with Gasteiger partial charge in [-0.1, -0.05) is 0 Å². The van der Waals surface area contributed by atoms with E-state index in [9.17, 15) is 8.42 Å². The molecule has 1 aliphatic heterocycles. The Hall–Kier alpha value is -0.900. The average Bonchev–Trinajstić information content (AvgIpc) is 2.57. The van der Waals surface area contributed by atoms with Gasteiger partial charge in [0.05, 0.1) is 18.5 Å². The van der Waals surface area contributed by atoms with Crippen LogP contribution in [0.1, 0.15) is 27.2 Å². The third-order valence-electron chi connectivity index (χ3n) is 3.83. The molecule has 1 saturated heterocycles. The molecule has 0 atom stereocenters. The predicted molar refractivity (Wildman–Crippen MR) is 100 cm³/mol. The molecule has 0 amide bonds. The Balaban J connectivity index is 2.51. The Morgan fingerprint density at radius 2 is 1.88 bits per heavy atom. The number of hydrogen-bond acceptors (Lipinski definition) is 5. The first-order valence-corrected chi connectivity index (χ1v) is 10.6. The lowest BCUT2D eigenvalue weighted by Gasteiger charge is -2.35. The number of guanidine groups is 1. The Labute approximate surface area is 152 Å². The van der Waals surface area contributed by atoms with E-state index in [-0.39, 0.29) is 18.5 Å². The van der Waals surface area contributed by atoms with Crippen molar-refractivity contribution in [2.75, 3.05) is 65.3 Å². The van der Waals surface area contributed by atoms with E-state index in [1.807, 2.05) is 20.8 Å². The van der Waals surface area contributed by atoms with Gasteiger partial charge in [0.2, 0.25) is 10.0 Å². The van der Waals surface area contributed by atoms with Gasteiger partial charge in [-0.2, -0.15) is 4.31 Å². The third kappa shape index (κ3) is 8.35. The molecule has 0 aromatic rings.